The van der Waals surface area contributed by atoms with E-state index in [0.29, 0.717) is 11.2 Å². The predicted molar refractivity (Wildman–Crippen MR) is 112 cm³/mol. The van der Waals surface area contributed by atoms with Crippen LogP contribution in [0.3, 0.4) is 0 Å². The summed E-state index contributed by atoms with van der Waals surface area (Å²) in [5, 5.41) is 10.9. The van der Waals surface area contributed by atoms with Crippen LogP contribution >= 0.6 is 12.2 Å². The van der Waals surface area contributed by atoms with Crippen molar-refractivity contribution in [3.63, 3.8) is 0 Å². The zero-order valence-corrected chi connectivity index (χ0v) is 16.3. The van der Waals surface area contributed by atoms with Gasteiger partial charge in [-0.2, -0.15) is 0 Å². The van der Waals surface area contributed by atoms with Gasteiger partial charge in [-0.3, -0.25) is 0 Å². The van der Waals surface area contributed by atoms with Gasteiger partial charge in [-0.15, -0.1) is 0 Å². The average molecular weight is 370 g/mol. The first kappa shape index (κ1) is 18.6. The average Bonchev–Trinajstić information content (AvgIpc) is 2.63. The maximum Gasteiger partial charge on any atom is 0.171 e. The molecule has 1 fully saturated rings. The van der Waals surface area contributed by atoms with Crippen LogP contribution < -0.4 is 16.0 Å². The number of thiocarbonyl (C=S) groups is 1. The zero-order chi connectivity index (χ0) is 18.4. The van der Waals surface area contributed by atoms with Crippen LogP contribution in [0.1, 0.15) is 50.3 Å². The number of rotatable bonds is 5. The molecule has 5 nitrogen and oxygen atoms in total. The first-order chi connectivity index (χ1) is 12.6. The molecule has 0 saturated heterocycles. The summed E-state index contributed by atoms with van der Waals surface area (Å²) in [5.74, 6) is 0.788. The Kier molecular flexibility index (Phi) is 6.39. The highest BCUT2D eigenvalue weighted by Crippen LogP contribution is 2.24. The van der Waals surface area contributed by atoms with Gasteiger partial charge in [0.15, 0.2) is 5.11 Å². The summed E-state index contributed by atoms with van der Waals surface area (Å²) in [5.41, 5.74) is 4.19. The minimum absolute atomic E-state index is 0.499. The summed E-state index contributed by atoms with van der Waals surface area (Å²) < 4.78 is 0. The van der Waals surface area contributed by atoms with Gasteiger partial charge in [-0.1, -0.05) is 32.3 Å². The van der Waals surface area contributed by atoms with Crippen molar-refractivity contribution in [3.8, 4) is 0 Å². The molecular weight excluding hydrogens is 342 g/mol. The Morgan fingerprint density at radius 2 is 1.96 bits per heavy atom. The van der Waals surface area contributed by atoms with Gasteiger partial charge in [-0.25, -0.2) is 9.97 Å². The Bertz CT molecular complexity index is 756. The molecule has 26 heavy (non-hydrogen) atoms. The van der Waals surface area contributed by atoms with Crippen molar-refractivity contribution >= 4 is 34.5 Å². The summed E-state index contributed by atoms with van der Waals surface area (Å²) in [6, 6.07) is 8.71. The van der Waals surface area contributed by atoms with Gasteiger partial charge >= 0.3 is 0 Å². The molecule has 1 aliphatic rings. The molecule has 0 unspecified atom stereocenters. The number of nitrogens with zero attached hydrogens (tertiary/aromatic N) is 2. The lowest BCUT2D eigenvalue weighted by molar-refractivity contribution is 0.415. The highest BCUT2D eigenvalue weighted by atomic mass is 32.1. The lowest BCUT2D eigenvalue weighted by atomic mass is 9.96. The molecule has 0 spiro atoms. The van der Waals surface area contributed by atoms with E-state index in [1.165, 1.54) is 37.7 Å². The van der Waals surface area contributed by atoms with Crippen molar-refractivity contribution < 1.29 is 0 Å². The molecule has 2 aromatic rings. The molecule has 1 saturated carbocycles. The Balaban J connectivity index is 1.69. The molecule has 1 aromatic carbocycles. The monoisotopic (exact) mass is 369 g/mol. The highest BCUT2D eigenvalue weighted by Gasteiger charge is 2.14. The summed E-state index contributed by atoms with van der Waals surface area (Å²) in [4.78, 5) is 8.40. The largest absolute Gasteiger partial charge is 0.360 e. The highest BCUT2D eigenvalue weighted by molar-refractivity contribution is 7.80. The molecule has 1 heterocycles. The molecule has 3 N–H and O–H groups in total. The predicted octanol–water partition coefficient (Wildman–Crippen LogP) is 4.71. The van der Waals surface area contributed by atoms with Crippen LogP contribution in [0.25, 0.3) is 0 Å². The standard InChI is InChI=1S/C20H27N5S/c1-3-15-9-10-17(23-19-11-14(2)21-13-22-19)12-18(15)25-20(26)24-16-7-5-4-6-8-16/h9-13,16H,3-8H2,1-2H3,(H,21,22,23)(H2,24,25,26). The van der Waals surface area contributed by atoms with Gasteiger partial charge in [0.25, 0.3) is 0 Å². The molecule has 0 amide bonds. The van der Waals surface area contributed by atoms with Crippen molar-refractivity contribution in [1.82, 2.24) is 15.3 Å². The van der Waals surface area contributed by atoms with Crippen molar-refractivity contribution in [2.24, 2.45) is 0 Å². The number of aryl methyl sites for hydroxylation is 2. The third-order valence-corrected chi connectivity index (χ3v) is 4.98. The van der Waals surface area contributed by atoms with E-state index in [1.54, 1.807) is 6.33 Å². The minimum Gasteiger partial charge on any atom is -0.360 e. The SMILES string of the molecule is CCc1ccc(Nc2cc(C)ncn2)cc1NC(=S)NC1CCCCC1. The fraction of sp³-hybridized carbons (Fsp3) is 0.450. The maximum atomic E-state index is 5.55. The zero-order valence-electron chi connectivity index (χ0n) is 15.5. The molecule has 1 aliphatic carbocycles. The molecule has 1 aromatic heterocycles. The molecule has 0 atom stereocenters. The van der Waals surface area contributed by atoms with E-state index in [-0.39, 0.29) is 0 Å². The van der Waals surface area contributed by atoms with E-state index >= 15 is 0 Å². The molecular formula is C20H27N5S. The van der Waals surface area contributed by atoms with Crippen molar-refractivity contribution in [3.05, 3.63) is 41.9 Å². The molecule has 3 rings (SSSR count). The van der Waals surface area contributed by atoms with Crippen LogP contribution in [0.15, 0.2) is 30.6 Å². The van der Waals surface area contributed by atoms with Crippen LogP contribution in [0.5, 0.6) is 0 Å². The van der Waals surface area contributed by atoms with E-state index in [1.807, 2.05) is 13.0 Å². The van der Waals surface area contributed by atoms with E-state index < -0.39 is 0 Å². The Hall–Kier alpha value is -2.21. The third kappa shape index (κ3) is 5.14. The van der Waals surface area contributed by atoms with E-state index in [4.69, 9.17) is 12.2 Å². The molecule has 0 aliphatic heterocycles. The van der Waals surface area contributed by atoms with Crippen molar-refractivity contribution in [1.29, 1.82) is 0 Å². The van der Waals surface area contributed by atoms with E-state index in [0.717, 1.165) is 29.3 Å². The van der Waals surface area contributed by atoms with Gasteiger partial charge in [0.1, 0.15) is 12.1 Å². The van der Waals surface area contributed by atoms with Crippen LogP contribution in [0.4, 0.5) is 17.2 Å². The number of benzene rings is 1. The van der Waals surface area contributed by atoms with Crippen molar-refractivity contribution in [2.45, 2.75) is 58.4 Å². The summed E-state index contributed by atoms with van der Waals surface area (Å²) in [6.45, 7) is 4.11. The normalized spacial score (nSPS) is 14.7. The smallest absolute Gasteiger partial charge is 0.171 e. The van der Waals surface area contributed by atoms with Crippen molar-refractivity contribution in [2.75, 3.05) is 10.6 Å². The quantitative estimate of drug-likeness (QED) is 0.664. The number of aromatic nitrogens is 2. The molecule has 0 bridgehead atoms. The first-order valence-electron chi connectivity index (χ1n) is 9.40. The topological polar surface area (TPSA) is 61.9 Å². The van der Waals surface area contributed by atoms with Crippen LogP contribution in [-0.2, 0) is 6.42 Å². The second-order valence-corrected chi connectivity index (χ2v) is 7.24. The summed E-state index contributed by atoms with van der Waals surface area (Å²) in [7, 11) is 0. The van der Waals surface area contributed by atoms with Gasteiger partial charge in [-0.05, 0) is 56.1 Å². The molecule has 138 valence electrons. The van der Waals surface area contributed by atoms with Gasteiger partial charge in [0.2, 0.25) is 0 Å². The number of nitrogens with one attached hydrogen (secondary N) is 3. The van der Waals surface area contributed by atoms with Gasteiger partial charge in [0, 0.05) is 29.2 Å². The summed E-state index contributed by atoms with van der Waals surface area (Å²) >= 11 is 5.55. The van der Waals surface area contributed by atoms with Crippen LogP contribution in [-0.4, -0.2) is 21.1 Å². The minimum atomic E-state index is 0.499. The Labute approximate surface area is 161 Å². The number of hydrogen-bond donors (Lipinski definition) is 3. The first-order valence-corrected chi connectivity index (χ1v) is 9.81. The van der Waals surface area contributed by atoms with E-state index in [2.05, 4.69) is 51.0 Å². The Morgan fingerprint density at radius 3 is 2.69 bits per heavy atom. The second kappa shape index (κ2) is 8.94. The lowest BCUT2D eigenvalue weighted by Crippen LogP contribution is -2.39. The number of hydrogen-bond acceptors (Lipinski definition) is 4. The van der Waals surface area contributed by atoms with E-state index in [9.17, 15) is 0 Å². The molecule has 0 radical (unpaired) electrons. The summed E-state index contributed by atoms with van der Waals surface area (Å²) in [6.07, 6.45) is 8.85. The fourth-order valence-electron chi connectivity index (χ4n) is 3.34. The maximum absolute atomic E-state index is 5.55. The van der Waals surface area contributed by atoms with Crippen LogP contribution in [0, 0.1) is 6.92 Å². The number of anilines is 3. The fourth-order valence-corrected chi connectivity index (χ4v) is 3.62. The lowest BCUT2D eigenvalue weighted by Gasteiger charge is -2.25. The van der Waals surface area contributed by atoms with Gasteiger partial charge in [0.05, 0.1) is 0 Å². The van der Waals surface area contributed by atoms with Gasteiger partial charge < -0.3 is 16.0 Å². The Morgan fingerprint density at radius 1 is 1.15 bits per heavy atom. The van der Waals surface area contributed by atoms with Crippen LogP contribution in [0.2, 0.25) is 0 Å². The second-order valence-electron chi connectivity index (χ2n) is 6.83. The molecule has 6 heteroatoms. The third-order valence-electron chi connectivity index (χ3n) is 4.76.